The van der Waals surface area contributed by atoms with Crippen molar-refractivity contribution in [2.75, 3.05) is 11.9 Å². The molecule has 0 saturated heterocycles. The van der Waals surface area contributed by atoms with Crippen LogP contribution in [0.4, 0.5) is 18.9 Å². The Hall–Kier alpha value is -2.74. The summed E-state index contributed by atoms with van der Waals surface area (Å²) >= 11 is 1.25. The van der Waals surface area contributed by atoms with Crippen LogP contribution in [0.15, 0.2) is 52.3 Å². The number of hydrogen-bond donors (Lipinski definition) is 1. The smallest absolute Gasteiger partial charge is 0.349 e. The highest BCUT2D eigenvalue weighted by atomic mass is 32.2. The van der Waals surface area contributed by atoms with Crippen LogP contribution in [0.3, 0.4) is 0 Å². The molecule has 174 valence electrons. The Balaban J connectivity index is 1.53. The van der Waals surface area contributed by atoms with Gasteiger partial charge in [0.05, 0.1) is 16.2 Å². The molecule has 1 aliphatic carbocycles. The maximum atomic E-state index is 12.9. The molecule has 1 saturated carbocycles. The summed E-state index contributed by atoms with van der Waals surface area (Å²) in [6.45, 7) is 2.16. The molecule has 4 rings (SSSR count). The molecule has 0 bridgehead atoms. The number of alkyl halides is 3. The zero-order valence-corrected chi connectivity index (χ0v) is 19.2. The van der Waals surface area contributed by atoms with Crippen molar-refractivity contribution in [1.29, 1.82) is 0 Å². The number of benzene rings is 2. The summed E-state index contributed by atoms with van der Waals surface area (Å²) < 4.78 is 38.4. The van der Waals surface area contributed by atoms with E-state index in [2.05, 4.69) is 12.2 Å². The molecule has 4 nitrogen and oxygen atoms in total. The number of nitrogens with one attached hydrogen (secondary N) is 1. The van der Waals surface area contributed by atoms with Crippen LogP contribution in [0.1, 0.15) is 54.1 Å². The number of rotatable bonds is 3. The SMILES string of the molecule is CC1CCCCC1NC(=O)c1ccc2c(c1)N(C)C(=O)C(=Cc1ccc(C(F)(F)F)cc1)S2. The number of halogens is 3. The summed E-state index contributed by atoms with van der Waals surface area (Å²) in [6.07, 6.45) is 1.57. The van der Waals surface area contributed by atoms with E-state index < -0.39 is 11.7 Å². The van der Waals surface area contributed by atoms with Gasteiger partial charge in [0, 0.05) is 23.5 Å². The summed E-state index contributed by atoms with van der Waals surface area (Å²) in [6, 6.07) is 10.1. The monoisotopic (exact) mass is 474 g/mol. The number of carbonyl (C=O) groups is 2. The van der Waals surface area contributed by atoms with Crippen LogP contribution in [0.5, 0.6) is 0 Å². The molecule has 2 unspecified atom stereocenters. The average molecular weight is 475 g/mol. The van der Waals surface area contributed by atoms with Crippen LogP contribution in [0.2, 0.25) is 0 Å². The van der Waals surface area contributed by atoms with Crippen molar-refractivity contribution in [3.05, 3.63) is 64.1 Å². The minimum Gasteiger partial charge on any atom is -0.349 e. The van der Waals surface area contributed by atoms with E-state index in [1.54, 1.807) is 25.3 Å². The lowest BCUT2D eigenvalue weighted by Crippen LogP contribution is -2.41. The summed E-state index contributed by atoms with van der Waals surface area (Å²) in [5, 5.41) is 3.13. The Morgan fingerprint density at radius 3 is 2.48 bits per heavy atom. The molecule has 2 aliphatic rings. The minimum atomic E-state index is -4.40. The van der Waals surface area contributed by atoms with Crippen LogP contribution in [-0.2, 0) is 11.0 Å². The predicted molar refractivity (Wildman–Crippen MR) is 124 cm³/mol. The predicted octanol–water partition coefficient (Wildman–Crippen LogP) is 6.12. The van der Waals surface area contributed by atoms with Crippen molar-refractivity contribution in [2.24, 2.45) is 5.92 Å². The Kier molecular flexibility index (Phi) is 6.56. The lowest BCUT2D eigenvalue weighted by molar-refractivity contribution is -0.137. The Labute approximate surface area is 195 Å². The van der Waals surface area contributed by atoms with E-state index in [0.717, 1.165) is 36.3 Å². The van der Waals surface area contributed by atoms with E-state index in [1.165, 1.54) is 35.2 Å². The van der Waals surface area contributed by atoms with Gasteiger partial charge in [-0.2, -0.15) is 13.2 Å². The fourth-order valence-corrected chi connectivity index (χ4v) is 5.33. The van der Waals surface area contributed by atoms with Gasteiger partial charge in [0.2, 0.25) is 0 Å². The minimum absolute atomic E-state index is 0.145. The zero-order chi connectivity index (χ0) is 23.8. The van der Waals surface area contributed by atoms with Crippen LogP contribution in [0.25, 0.3) is 6.08 Å². The Morgan fingerprint density at radius 2 is 1.82 bits per heavy atom. The van der Waals surface area contributed by atoms with Crippen molar-refractivity contribution in [3.8, 4) is 0 Å². The normalized spacial score (nSPS) is 22.3. The Morgan fingerprint density at radius 1 is 1.12 bits per heavy atom. The third-order valence-electron chi connectivity index (χ3n) is 6.28. The number of nitrogens with zero attached hydrogens (tertiary/aromatic N) is 1. The van der Waals surface area contributed by atoms with Gasteiger partial charge in [0.15, 0.2) is 0 Å². The number of carbonyl (C=O) groups excluding carboxylic acids is 2. The van der Waals surface area contributed by atoms with Crippen molar-refractivity contribution in [2.45, 2.75) is 49.7 Å². The van der Waals surface area contributed by atoms with Gasteiger partial charge in [-0.05, 0) is 60.7 Å². The Bertz CT molecular complexity index is 1100. The molecule has 2 amide bonds. The van der Waals surface area contributed by atoms with E-state index in [9.17, 15) is 22.8 Å². The van der Waals surface area contributed by atoms with E-state index in [1.807, 2.05) is 6.07 Å². The van der Waals surface area contributed by atoms with Crippen molar-refractivity contribution < 1.29 is 22.8 Å². The second-order valence-corrected chi connectivity index (χ2v) is 9.70. The number of anilines is 1. The molecule has 8 heteroatoms. The third kappa shape index (κ3) is 5.11. The quantitative estimate of drug-likeness (QED) is 0.545. The molecule has 0 radical (unpaired) electrons. The second kappa shape index (κ2) is 9.25. The maximum Gasteiger partial charge on any atom is 0.416 e. The first-order valence-electron chi connectivity index (χ1n) is 10.9. The van der Waals surface area contributed by atoms with E-state index >= 15 is 0 Å². The van der Waals surface area contributed by atoms with Gasteiger partial charge in [-0.1, -0.05) is 43.7 Å². The van der Waals surface area contributed by atoms with Crippen LogP contribution in [-0.4, -0.2) is 24.9 Å². The zero-order valence-electron chi connectivity index (χ0n) is 18.4. The summed E-state index contributed by atoms with van der Waals surface area (Å²) in [7, 11) is 1.63. The highest BCUT2D eigenvalue weighted by Crippen LogP contribution is 2.42. The summed E-state index contributed by atoms with van der Waals surface area (Å²) in [5.74, 6) is 0.0254. The van der Waals surface area contributed by atoms with Gasteiger partial charge in [-0.15, -0.1) is 0 Å². The molecule has 2 aromatic carbocycles. The van der Waals surface area contributed by atoms with E-state index in [-0.39, 0.29) is 17.9 Å². The first-order chi connectivity index (χ1) is 15.6. The summed E-state index contributed by atoms with van der Waals surface area (Å²) in [5.41, 5.74) is 0.914. The van der Waals surface area contributed by atoms with Gasteiger partial charge < -0.3 is 10.2 Å². The van der Waals surface area contributed by atoms with E-state index in [4.69, 9.17) is 0 Å². The molecule has 2 atom stereocenters. The lowest BCUT2D eigenvalue weighted by Gasteiger charge is -2.30. The third-order valence-corrected chi connectivity index (χ3v) is 7.36. The molecule has 0 aromatic heterocycles. The van der Waals surface area contributed by atoms with Gasteiger partial charge in [-0.25, -0.2) is 0 Å². The molecule has 1 heterocycles. The molecular weight excluding hydrogens is 449 g/mol. The number of likely N-dealkylation sites (N-methyl/N-ethyl adjacent to an activating group) is 1. The second-order valence-electron chi connectivity index (χ2n) is 8.62. The number of amides is 2. The van der Waals surface area contributed by atoms with Crippen LogP contribution < -0.4 is 10.2 Å². The van der Waals surface area contributed by atoms with E-state index in [0.29, 0.717) is 27.6 Å². The molecule has 0 spiro atoms. The standard InChI is InChI=1S/C25H25F3N2O2S/c1-15-5-3-4-6-19(15)29-23(31)17-9-12-21-20(14-17)30(2)24(32)22(33-21)13-16-7-10-18(11-8-16)25(26,27)28/h7-15,19H,3-6H2,1-2H3,(H,29,31). The highest BCUT2D eigenvalue weighted by Gasteiger charge is 2.31. The lowest BCUT2D eigenvalue weighted by atomic mass is 9.86. The fraction of sp³-hybridized carbons (Fsp3) is 0.360. The fourth-order valence-electron chi connectivity index (χ4n) is 4.24. The first-order valence-corrected chi connectivity index (χ1v) is 11.7. The molecule has 1 aliphatic heterocycles. The van der Waals surface area contributed by atoms with Crippen LogP contribution in [0, 0.1) is 5.92 Å². The van der Waals surface area contributed by atoms with Gasteiger partial charge in [0.1, 0.15) is 0 Å². The van der Waals surface area contributed by atoms with Crippen molar-refractivity contribution >= 4 is 35.3 Å². The number of fused-ring (bicyclic) bond motifs is 1. The van der Waals surface area contributed by atoms with Crippen molar-refractivity contribution in [3.63, 3.8) is 0 Å². The molecule has 1 fully saturated rings. The average Bonchev–Trinajstić information content (AvgIpc) is 2.78. The largest absolute Gasteiger partial charge is 0.416 e. The maximum absolute atomic E-state index is 12.9. The van der Waals surface area contributed by atoms with Gasteiger partial charge in [-0.3, -0.25) is 9.59 Å². The molecular formula is C25H25F3N2O2S. The van der Waals surface area contributed by atoms with Crippen molar-refractivity contribution in [1.82, 2.24) is 5.32 Å². The molecule has 1 N–H and O–H groups in total. The van der Waals surface area contributed by atoms with Gasteiger partial charge in [0.25, 0.3) is 11.8 Å². The molecule has 33 heavy (non-hydrogen) atoms. The summed E-state index contributed by atoms with van der Waals surface area (Å²) in [4.78, 5) is 28.4. The van der Waals surface area contributed by atoms with Crippen LogP contribution >= 0.6 is 11.8 Å². The first kappa shape index (κ1) is 23.4. The topological polar surface area (TPSA) is 49.4 Å². The van der Waals surface area contributed by atoms with Gasteiger partial charge >= 0.3 is 6.18 Å². The number of hydrogen-bond acceptors (Lipinski definition) is 3. The molecule has 2 aromatic rings. The highest BCUT2D eigenvalue weighted by molar-refractivity contribution is 8.04. The number of thioether (sulfide) groups is 1.